The number of thiazole rings is 1. The molecule has 0 aliphatic carbocycles. The summed E-state index contributed by atoms with van der Waals surface area (Å²) in [4.78, 5) is 33.5. The number of carbonyl (C=O) groups excluding carboxylic acids is 2. The third-order valence-electron chi connectivity index (χ3n) is 5.28. The van der Waals surface area contributed by atoms with E-state index in [1.165, 1.54) is 36.7 Å². The second kappa shape index (κ2) is 8.76. The van der Waals surface area contributed by atoms with Crippen LogP contribution in [0.5, 0.6) is 0 Å². The number of nitrogens with one attached hydrogen (secondary N) is 2. The molecule has 0 bridgehead atoms. The Morgan fingerprint density at radius 1 is 1.11 bits per heavy atom. The molecule has 5 rings (SSSR count). The van der Waals surface area contributed by atoms with Crippen LogP contribution in [0.1, 0.15) is 23.0 Å². The van der Waals surface area contributed by atoms with Gasteiger partial charge in [0.05, 0.1) is 28.6 Å². The van der Waals surface area contributed by atoms with Crippen LogP contribution in [0.25, 0.3) is 33.7 Å². The topological polar surface area (TPSA) is 115 Å². The Morgan fingerprint density at radius 3 is 2.66 bits per heavy atom. The maximum absolute atomic E-state index is 14.6. The molecule has 0 aliphatic rings. The Hall–Kier alpha value is -4.38. The Labute approximate surface area is 202 Å². The van der Waals surface area contributed by atoms with Gasteiger partial charge in [0.2, 0.25) is 5.91 Å². The number of aromatic nitrogens is 4. The highest BCUT2D eigenvalue weighted by molar-refractivity contribution is 7.14. The fraction of sp³-hybridized carbons (Fsp3) is 0.125. The van der Waals surface area contributed by atoms with Crippen molar-refractivity contribution in [1.29, 1.82) is 0 Å². The molecule has 1 aromatic carbocycles. The molecule has 2 amide bonds. The maximum atomic E-state index is 14.6. The Bertz CT molecular complexity index is 1590. The first-order chi connectivity index (χ1) is 16.8. The van der Waals surface area contributed by atoms with E-state index in [9.17, 15) is 14.0 Å². The van der Waals surface area contributed by atoms with E-state index in [1.807, 2.05) is 6.92 Å². The standard InChI is InChI=1S/C24H19FN6O3S/c1-12-21-16(10-18(20-5-4-8-34-20)27-22(21)31(3)30-12)23(33)29-24-28-19(11-35-24)15-7-6-14(9-17(15)25)26-13(2)32/h4-11H,1-3H3,(H,26,32)(H,28,29,33). The fourth-order valence-electron chi connectivity index (χ4n) is 3.80. The minimum absolute atomic E-state index is 0.255. The molecule has 176 valence electrons. The van der Waals surface area contributed by atoms with Gasteiger partial charge >= 0.3 is 0 Å². The quantitative estimate of drug-likeness (QED) is 0.358. The highest BCUT2D eigenvalue weighted by Gasteiger charge is 2.21. The summed E-state index contributed by atoms with van der Waals surface area (Å²) in [7, 11) is 1.76. The number of amides is 2. The van der Waals surface area contributed by atoms with E-state index in [0.29, 0.717) is 50.3 Å². The normalized spacial score (nSPS) is 11.1. The number of benzene rings is 1. The molecule has 0 unspecified atom stereocenters. The SMILES string of the molecule is CC(=O)Nc1ccc(-c2csc(NC(=O)c3cc(-c4ccco4)nc4c3c(C)nn4C)n2)c(F)c1. The van der Waals surface area contributed by atoms with Crippen molar-refractivity contribution in [1.82, 2.24) is 19.7 Å². The predicted octanol–water partition coefficient (Wildman–Crippen LogP) is 5.01. The van der Waals surface area contributed by atoms with Crippen molar-refractivity contribution in [2.45, 2.75) is 13.8 Å². The van der Waals surface area contributed by atoms with Crippen molar-refractivity contribution in [3.8, 4) is 22.7 Å². The number of fused-ring (bicyclic) bond motifs is 1. The first-order valence-corrected chi connectivity index (χ1v) is 11.4. The molecule has 2 N–H and O–H groups in total. The third kappa shape index (κ3) is 4.28. The summed E-state index contributed by atoms with van der Waals surface area (Å²) >= 11 is 1.17. The largest absolute Gasteiger partial charge is 0.463 e. The summed E-state index contributed by atoms with van der Waals surface area (Å²) in [5.41, 5.74) is 3.04. The number of nitrogens with zero attached hydrogens (tertiary/aromatic N) is 4. The van der Waals surface area contributed by atoms with E-state index in [4.69, 9.17) is 4.42 Å². The Balaban J connectivity index is 1.46. The molecular formula is C24H19FN6O3S. The lowest BCUT2D eigenvalue weighted by atomic mass is 10.1. The van der Waals surface area contributed by atoms with Crippen LogP contribution in [-0.2, 0) is 11.8 Å². The molecule has 0 spiro atoms. The van der Waals surface area contributed by atoms with Crippen molar-refractivity contribution in [2.24, 2.45) is 7.05 Å². The molecule has 35 heavy (non-hydrogen) atoms. The Kier molecular flexibility index (Phi) is 5.61. The van der Waals surface area contributed by atoms with Crippen LogP contribution in [0, 0.1) is 12.7 Å². The zero-order chi connectivity index (χ0) is 24.7. The molecule has 11 heteroatoms. The van der Waals surface area contributed by atoms with Gasteiger partial charge in [0.25, 0.3) is 5.91 Å². The van der Waals surface area contributed by atoms with E-state index >= 15 is 0 Å². The van der Waals surface area contributed by atoms with Crippen LogP contribution in [0.15, 0.2) is 52.5 Å². The molecule has 4 heterocycles. The van der Waals surface area contributed by atoms with Crippen molar-refractivity contribution in [3.63, 3.8) is 0 Å². The molecule has 5 aromatic rings. The van der Waals surface area contributed by atoms with Crippen LogP contribution in [0.4, 0.5) is 15.2 Å². The molecule has 4 aromatic heterocycles. The number of halogens is 1. The molecular weight excluding hydrogens is 471 g/mol. The molecule has 0 fully saturated rings. The highest BCUT2D eigenvalue weighted by atomic mass is 32.1. The number of carbonyl (C=O) groups is 2. The number of pyridine rings is 1. The molecule has 0 aliphatic heterocycles. The third-order valence-corrected chi connectivity index (χ3v) is 6.03. The number of aryl methyl sites for hydroxylation is 2. The second-order valence-electron chi connectivity index (χ2n) is 7.81. The van der Waals surface area contributed by atoms with Gasteiger partial charge in [-0.2, -0.15) is 5.10 Å². The van der Waals surface area contributed by atoms with Crippen molar-refractivity contribution >= 4 is 45.0 Å². The molecule has 0 atom stereocenters. The van der Waals surface area contributed by atoms with Gasteiger partial charge in [0.15, 0.2) is 16.5 Å². The predicted molar refractivity (Wildman–Crippen MR) is 131 cm³/mol. The van der Waals surface area contributed by atoms with Crippen LogP contribution < -0.4 is 10.6 Å². The van der Waals surface area contributed by atoms with Crippen molar-refractivity contribution < 1.29 is 18.4 Å². The molecule has 9 nitrogen and oxygen atoms in total. The number of hydrogen-bond acceptors (Lipinski definition) is 7. The van der Waals surface area contributed by atoms with Gasteiger partial charge in [-0.15, -0.1) is 11.3 Å². The van der Waals surface area contributed by atoms with Crippen LogP contribution in [0.2, 0.25) is 0 Å². The first kappa shape index (κ1) is 22.4. The number of rotatable bonds is 5. The summed E-state index contributed by atoms with van der Waals surface area (Å²) in [5.74, 6) is -0.706. The summed E-state index contributed by atoms with van der Waals surface area (Å²) in [6.07, 6.45) is 1.54. The number of anilines is 2. The van der Waals surface area contributed by atoms with Gasteiger partial charge in [0, 0.05) is 30.6 Å². The summed E-state index contributed by atoms with van der Waals surface area (Å²) < 4.78 is 21.7. The van der Waals surface area contributed by atoms with E-state index < -0.39 is 11.7 Å². The average Bonchev–Trinajstić information content (AvgIpc) is 3.55. The minimum Gasteiger partial charge on any atom is -0.463 e. The van der Waals surface area contributed by atoms with Crippen LogP contribution >= 0.6 is 11.3 Å². The summed E-state index contributed by atoms with van der Waals surface area (Å²) in [6, 6.07) is 9.50. The zero-order valence-electron chi connectivity index (χ0n) is 18.9. The number of hydrogen-bond donors (Lipinski definition) is 2. The average molecular weight is 491 g/mol. The lowest BCUT2D eigenvalue weighted by Gasteiger charge is -2.07. The van der Waals surface area contributed by atoms with Gasteiger partial charge in [-0.05, 0) is 43.3 Å². The van der Waals surface area contributed by atoms with Gasteiger partial charge in [-0.3, -0.25) is 19.6 Å². The van der Waals surface area contributed by atoms with Crippen LogP contribution in [0.3, 0.4) is 0 Å². The summed E-state index contributed by atoms with van der Waals surface area (Å²) in [5, 5.41) is 12.3. The lowest BCUT2D eigenvalue weighted by Crippen LogP contribution is -2.13. The maximum Gasteiger partial charge on any atom is 0.258 e. The molecule has 0 saturated heterocycles. The van der Waals surface area contributed by atoms with E-state index in [-0.39, 0.29) is 11.5 Å². The van der Waals surface area contributed by atoms with Crippen LogP contribution in [-0.4, -0.2) is 31.6 Å². The minimum atomic E-state index is -0.538. The molecule has 0 saturated carbocycles. The van der Waals surface area contributed by atoms with E-state index in [0.717, 1.165) is 0 Å². The number of furan rings is 1. The zero-order valence-corrected chi connectivity index (χ0v) is 19.7. The highest BCUT2D eigenvalue weighted by Crippen LogP contribution is 2.31. The smallest absolute Gasteiger partial charge is 0.258 e. The lowest BCUT2D eigenvalue weighted by molar-refractivity contribution is -0.114. The monoisotopic (exact) mass is 490 g/mol. The molecule has 0 radical (unpaired) electrons. The van der Waals surface area contributed by atoms with Crippen molar-refractivity contribution in [2.75, 3.05) is 10.6 Å². The van der Waals surface area contributed by atoms with E-state index in [2.05, 4.69) is 25.7 Å². The van der Waals surface area contributed by atoms with Crippen molar-refractivity contribution in [3.05, 3.63) is 65.1 Å². The fourth-order valence-corrected chi connectivity index (χ4v) is 4.50. The van der Waals surface area contributed by atoms with Gasteiger partial charge in [-0.25, -0.2) is 14.4 Å². The van der Waals surface area contributed by atoms with E-state index in [1.54, 1.807) is 41.4 Å². The van der Waals surface area contributed by atoms with Gasteiger partial charge in [0.1, 0.15) is 11.5 Å². The second-order valence-corrected chi connectivity index (χ2v) is 8.67. The Morgan fingerprint density at radius 2 is 1.94 bits per heavy atom. The van der Waals surface area contributed by atoms with Gasteiger partial charge < -0.3 is 9.73 Å². The summed E-state index contributed by atoms with van der Waals surface area (Å²) in [6.45, 7) is 3.16. The first-order valence-electron chi connectivity index (χ1n) is 10.5. The van der Waals surface area contributed by atoms with Gasteiger partial charge in [-0.1, -0.05) is 0 Å².